The number of hydrogen-bond acceptors (Lipinski definition) is 3. The second-order valence-electron chi connectivity index (χ2n) is 4.35. The van der Waals surface area contributed by atoms with Gasteiger partial charge in [-0.2, -0.15) is 21.6 Å². The van der Waals surface area contributed by atoms with Crippen molar-refractivity contribution in [2.75, 3.05) is 4.72 Å². The maximum Gasteiger partial charge on any atom is 0.516 e. The Morgan fingerprint density at radius 1 is 1.04 bits per heavy atom. The Balaban J connectivity index is 2.28. The molecule has 1 N–H and O–H groups in total. The molecular formula is C13H7BrF5NO3S. The van der Waals surface area contributed by atoms with Gasteiger partial charge in [0.2, 0.25) is 0 Å². The number of sulfonamides is 1. The lowest BCUT2D eigenvalue weighted by atomic mass is 10.3. The highest BCUT2D eigenvalue weighted by Crippen LogP contribution is 2.35. The minimum atomic E-state index is -5.58. The zero-order chi connectivity index (χ0) is 18.1. The van der Waals surface area contributed by atoms with Crippen molar-refractivity contribution < 1.29 is 35.1 Å². The van der Waals surface area contributed by atoms with Crippen LogP contribution in [0.5, 0.6) is 11.5 Å². The molecule has 2 rings (SSSR count). The van der Waals surface area contributed by atoms with Gasteiger partial charge in [0.15, 0.2) is 17.4 Å². The molecule has 0 radical (unpaired) electrons. The van der Waals surface area contributed by atoms with E-state index in [1.807, 2.05) is 0 Å². The van der Waals surface area contributed by atoms with Crippen LogP contribution >= 0.6 is 15.9 Å². The van der Waals surface area contributed by atoms with Crippen LogP contribution in [0.2, 0.25) is 0 Å². The summed E-state index contributed by atoms with van der Waals surface area (Å²) >= 11 is 2.93. The highest BCUT2D eigenvalue weighted by atomic mass is 79.9. The van der Waals surface area contributed by atoms with Crippen molar-refractivity contribution in [3.8, 4) is 11.5 Å². The number of halogens is 6. The molecule has 0 heterocycles. The Hall–Kier alpha value is -1.88. The summed E-state index contributed by atoms with van der Waals surface area (Å²) in [5.74, 6) is -2.80. The van der Waals surface area contributed by atoms with Gasteiger partial charge in [0, 0.05) is 0 Å². The van der Waals surface area contributed by atoms with Gasteiger partial charge in [0.25, 0.3) is 0 Å². The molecule has 0 atom stereocenters. The van der Waals surface area contributed by atoms with Gasteiger partial charge in [-0.1, -0.05) is 6.07 Å². The van der Waals surface area contributed by atoms with E-state index in [-0.39, 0.29) is 10.2 Å². The highest BCUT2D eigenvalue weighted by Gasteiger charge is 2.46. The van der Waals surface area contributed by atoms with Gasteiger partial charge in [-0.3, -0.25) is 4.72 Å². The molecule has 0 fully saturated rings. The average Bonchev–Trinajstić information content (AvgIpc) is 2.43. The minimum absolute atomic E-state index is 0.0208. The normalized spacial score (nSPS) is 12.1. The zero-order valence-corrected chi connectivity index (χ0v) is 13.8. The number of para-hydroxylation sites is 1. The van der Waals surface area contributed by atoms with Gasteiger partial charge < -0.3 is 4.74 Å². The maximum absolute atomic E-state index is 13.5. The van der Waals surface area contributed by atoms with Crippen molar-refractivity contribution in [2.24, 2.45) is 0 Å². The third-order valence-electron chi connectivity index (χ3n) is 2.62. The Morgan fingerprint density at radius 3 is 2.12 bits per heavy atom. The van der Waals surface area contributed by atoms with E-state index in [9.17, 15) is 30.4 Å². The molecule has 24 heavy (non-hydrogen) atoms. The molecule has 130 valence electrons. The number of nitrogens with one attached hydrogen (secondary N) is 1. The molecule has 0 spiro atoms. The number of anilines is 1. The van der Waals surface area contributed by atoms with Crippen LogP contribution in [0.25, 0.3) is 0 Å². The van der Waals surface area contributed by atoms with Crippen LogP contribution in [-0.2, 0) is 10.0 Å². The van der Waals surface area contributed by atoms with Gasteiger partial charge in [0.1, 0.15) is 5.75 Å². The van der Waals surface area contributed by atoms with E-state index in [0.29, 0.717) is 0 Å². The molecule has 2 aromatic rings. The first-order chi connectivity index (χ1) is 11.0. The molecule has 0 saturated carbocycles. The molecule has 0 aliphatic rings. The molecule has 4 nitrogen and oxygen atoms in total. The average molecular weight is 432 g/mol. The highest BCUT2D eigenvalue weighted by molar-refractivity contribution is 9.10. The van der Waals surface area contributed by atoms with Crippen LogP contribution in [0.15, 0.2) is 40.9 Å². The number of benzene rings is 2. The third-order valence-corrected chi connectivity index (χ3v) is 4.35. The summed E-state index contributed by atoms with van der Waals surface area (Å²) in [7, 11) is -5.58. The molecule has 0 amide bonds. The predicted octanol–water partition coefficient (Wildman–Crippen LogP) is 4.78. The smallest absolute Gasteiger partial charge is 0.450 e. The van der Waals surface area contributed by atoms with Crippen molar-refractivity contribution in [3.05, 3.63) is 52.5 Å². The van der Waals surface area contributed by atoms with Crippen molar-refractivity contribution >= 4 is 31.6 Å². The fourth-order valence-corrected chi connectivity index (χ4v) is 2.56. The molecule has 0 unspecified atom stereocenters. The Bertz CT molecular complexity index is 850. The summed E-state index contributed by atoms with van der Waals surface area (Å²) in [5.41, 5.74) is -5.90. The Labute approximate surface area is 141 Å². The molecule has 0 aliphatic carbocycles. The second kappa shape index (κ2) is 6.55. The van der Waals surface area contributed by atoms with Crippen molar-refractivity contribution in [3.63, 3.8) is 0 Å². The summed E-state index contributed by atoms with van der Waals surface area (Å²) in [6.45, 7) is 0. The fraction of sp³-hybridized carbons (Fsp3) is 0.0769. The van der Waals surface area contributed by atoms with E-state index >= 15 is 0 Å². The summed E-state index contributed by atoms with van der Waals surface area (Å²) < 4.78 is 92.3. The van der Waals surface area contributed by atoms with E-state index < -0.39 is 38.6 Å². The molecule has 0 aliphatic heterocycles. The largest absolute Gasteiger partial charge is 0.516 e. The van der Waals surface area contributed by atoms with Crippen molar-refractivity contribution in [1.29, 1.82) is 0 Å². The zero-order valence-electron chi connectivity index (χ0n) is 11.4. The van der Waals surface area contributed by atoms with Crippen molar-refractivity contribution in [1.82, 2.24) is 0 Å². The van der Waals surface area contributed by atoms with E-state index in [1.165, 1.54) is 4.72 Å². The minimum Gasteiger partial charge on any atom is -0.450 e. The lowest BCUT2D eigenvalue weighted by molar-refractivity contribution is -0.0429. The van der Waals surface area contributed by atoms with Crippen LogP contribution in [0.1, 0.15) is 0 Å². The molecular weight excluding hydrogens is 425 g/mol. The van der Waals surface area contributed by atoms with Crippen LogP contribution < -0.4 is 9.46 Å². The van der Waals surface area contributed by atoms with Crippen LogP contribution in [-0.4, -0.2) is 13.9 Å². The third kappa shape index (κ3) is 3.96. The number of alkyl halides is 3. The Morgan fingerprint density at radius 2 is 1.62 bits per heavy atom. The van der Waals surface area contributed by atoms with Crippen molar-refractivity contribution in [2.45, 2.75) is 5.51 Å². The quantitative estimate of drug-likeness (QED) is 0.708. The van der Waals surface area contributed by atoms with E-state index in [2.05, 4.69) is 15.9 Å². The monoisotopic (exact) mass is 431 g/mol. The predicted molar refractivity (Wildman–Crippen MR) is 79.2 cm³/mol. The van der Waals surface area contributed by atoms with Gasteiger partial charge >= 0.3 is 15.5 Å². The van der Waals surface area contributed by atoms with E-state index in [1.54, 1.807) is 0 Å². The SMILES string of the molecule is O=S(=O)(Nc1ccc(Oc2c(F)cccc2F)c(Br)c1)C(F)(F)F. The molecule has 2 aromatic carbocycles. The van der Waals surface area contributed by atoms with Crippen LogP contribution in [0, 0.1) is 11.6 Å². The van der Waals surface area contributed by atoms with E-state index in [4.69, 9.17) is 4.74 Å². The van der Waals surface area contributed by atoms with Gasteiger partial charge in [-0.25, -0.2) is 8.78 Å². The molecule has 0 saturated heterocycles. The lowest BCUT2D eigenvalue weighted by Gasteiger charge is -2.13. The van der Waals surface area contributed by atoms with Gasteiger partial charge in [-0.15, -0.1) is 0 Å². The summed E-state index contributed by atoms with van der Waals surface area (Å²) in [6.07, 6.45) is 0. The van der Waals surface area contributed by atoms with Crippen LogP contribution in [0.3, 0.4) is 0 Å². The first kappa shape index (κ1) is 18.5. The Kier molecular flexibility index (Phi) is 5.04. The number of rotatable bonds is 4. The summed E-state index contributed by atoms with van der Waals surface area (Å²) in [4.78, 5) is 0. The van der Waals surface area contributed by atoms with Gasteiger partial charge in [-0.05, 0) is 46.3 Å². The number of hydrogen-bond donors (Lipinski definition) is 1. The molecule has 0 aromatic heterocycles. The second-order valence-corrected chi connectivity index (χ2v) is 6.88. The molecule has 11 heteroatoms. The summed E-state index contributed by atoms with van der Waals surface area (Å²) in [6, 6.07) is 5.99. The van der Waals surface area contributed by atoms with Gasteiger partial charge in [0.05, 0.1) is 10.2 Å². The molecule has 0 bridgehead atoms. The number of ether oxygens (including phenoxy) is 1. The fourth-order valence-electron chi connectivity index (χ4n) is 1.55. The summed E-state index contributed by atoms with van der Waals surface area (Å²) in [5, 5.41) is 0. The first-order valence-corrected chi connectivity index (χ1v) is 8.29. The first-order valence-electron chi connectivity index (χ1n) is 6.02. The van der Waals surface area contributed by atoms with Crippen LogP contribution in [0.4, 0.5) is 27.6 Å². The van der Waals surface area contributed by atoms with E-state index in [0.717, 1.165) is 36.4 Å². The standard InChI is InChI=1S/C13H7BrF5NO3S/c14-8-6-7(20-24(21,22)13(17,18)19)4-5-11(8)23-12-9(15)2-1-3-10(12)16/h1-6,20H. The topological polar surface area (TPSA) is 55.4 Å². The maximum atomic E-state index is 13.5. The lowest BCUT2D eigenvalue weighted by Crippen LogP contribution is -2.29.